The minimum atomic E-state index is -4.66. The van der Waals surface area contributed by atoms with E-state index in [0.717, 1.165) is 12.4 Å². The monoisotopic (exact) mass is 332 g/mol. The molecule has 2 rings (SSSR count). The summed E-state index contributed by atoms with van der Waals surface area (Å²) in [6.07, 6.45) is -2.84. The predicted molar refractivity (Wildman–Crippen MR) is 72.7 cm³/mol. The molecule has 0 aliphatic carbocycles. The van der Waals surface area contributed by atoms with E-state index in [1.54, 1.807) is 0 Å². The maximum atomic E-state index is 12.5. The van der Waals surface area contributed by atoms with Crippen LogP contribution in [-0.4, -0.2) is 51.1 Å². The standard InChI is InChI=1S/C13H15F3N4O3/c1-7(2)9-5-19(12(23)20(9)6-10(21)22)8-3-17-11(18-4-8)13(14,15)16/h3-4,7,9H,5-6H2,1-2H3,(H,21,22)/t9-/m1/s1. The lowest BCUT2D eigenvalue weighted by atomic mass is 10.0. The molecule has 1 aromatic rings. The summed E-state index contributed by atoms with van der Waals surface area (Å²) in [7, 11) is 0. The van der Waals surface area contributed by atoms with Crippen molar-refractivity contribution in [2.24, 2.45) is 5.92 Å². The van der Waals surface area contributed by atoms with Crippen molar-refractivity contribution >= 4 is 17.7 Å². The number of carboxylic acids is 1. The van der Waals surface area contributed by atoms with Crippen LogP contribution in [0.15, 0.2) is 12.4 Å². The van der Waals surface area contributed by atoms with Gasteiger partial charge in [-0.05, 0) is 5.92 Å². The van der Waals surface area contributed by atoms with Crippen molar-refractivity contribution in [2.75, 3.05) is 18.0 Å². The van der Waals surface area contributed by atoms with E-state index in [4.69, 9.17) is 5.11 Å². The van der Waals surface area contributed by atoms with Crippen molar-refractivity contribution in [3.8, 4) is 0 Å². The third-order valence-electron chi connectivity index (χ3n) is 3.53. The van der Waals surface area contributed by atoms with Crippen LogP contribution in [0.5, 0.6) is 0 Å². The summed E-state index contributed by atoms with van der Waals surface area (Å²) < 4.78 is 37.4. The maximum Gasteiger partial charge on any atom is 0.451 e. The van der Waals surface area contributed by atoms with Gasteiger partial charge < -0.3 is 10.0 Å². The van der Waals surface area contributed by atoms with Gasteiger partial charge in [0.15, 0.2) is 0 Å². The lowest BCUT2D eigenvalue weighted by Crippen LogP contribution is -2.41. The van der Waals surface area contributed by atoms with Crippen LogP contribution in [0, 0.1) is 5.92 Å². The number of urea groups is 1. The van der Waals surface area contributed by atoms with E-state index in [-0.39, 0.29) is 24.2 Å². The quantitative estimate of drug-likeness (QED) is 0.909. The summed E-state index contributed by atoms with van der Waals surface area (Å²) in [5.41, 5.74) is 0.0986. The van der Waals surface area contributed by atoms with E-state index >= 15 is 0 Å². The molecule has 2 amide bonds. The fraction of sp³-hybridized carbons (Fsp3) is 0.538. The van der Waals surface area contributed by atoms with Crippen LogP contribution in [0.25, 0.3) is 0 Å². The first-order valence-corrected chi connectivity index (χ1v) is 6.80. The Kier molecular flexibility index (Phi) is 4.44. The Labute approximate surface area is 129 Å². The van der Waals surface area contributed by atoms with Crippen molar-refractivity contribution in [1.29, 1.82) is 0 Å². The average Bonchev–Trinajstić information content (AvgIpc) is 2.75. The van der Waals surface area contributed by atoms with Crippen LogP contribution in [-0.2, 0) is 11.0 Å². The van der Waals surface area contributed by atoms with Gasteiger partial charge in [-0.15, -0.1) is 0 Å². The summed E-state index contributed by atoms with van der Waals surface area (Å²) >= 11 is 0. The Morgan fingerprint density at radius 3 is 2.39 bits per heavy atom. The highest BCUT2D eigenvalue weighted by Crippen LogP contribution is 2.29. The highest BCUT2D eigenvalue weighted by Gasteiger charge is 2.41. The Bertz CT molecular complexity index is 603. The molecule has 1 N–H and O–H groups in total. The number of rotatable bonds is 4. The van der Waals surface area contributed by atoms with Gasteiger partial charge in [-0.25, -0.2) is 14.8 Å². The number of hydrogen-bond donors (Lipinski definition) is 1. The van der Waals surface area contributed by atoms with Crippen LogP contribution in [0.2, 0.25) is 0 Å². The van der Waals surface area contributed by atoms with Gasteiger partial charge >= 0.3 is 18.2 Å². The first kappa shape index (κ1) is 17.0. The summed E-state index contributed by atoms with van der Waals surface area (Å²) in [6.45, 7) is 3.36. The van der Waals surface area contributed by atoms with Crippen LogP contribution >= 0.6 is 0 Å². The van der Waals surface area contributed by atoms with Crippen LogP contribution in [0.1, 0.15) is 19.7 Å². The minimum Gasteiger partial charge on any atom is -0.480 e. The molecule has 0 aromatic carbocycles. The number of hydrogen-bond acceptors (Lipinski definition) is 4. The van der Waals surface area contributed by atoms with E-state index in [9.17, 15) is 22.8 Å². The molecule has 1 saturated heterocycles. The lowest BCUT2D eigenvalue weighted by molar-refractivity contribution is -0.145. The number of carboxylic acid groups (broad SMARTS) is 1. The third-order valence-corrected chi connectivity index (χ3v) is 3.53. The number of nitrogens with zero attached hydrogens (tertiary/aromatic N) is 4. The Balaban J connectivity index is 2.26. The van der Waals surface area contributed by atoms with Gasteiger partial charge in [-0.1, -0.05) is 13.8 Å². The van der Waals surface area contributed by atoms with Gasteiger partial charge in [0.25, 0.3) is 0 Å². The van der Waals surface area contributed by atoms with Crippen molar-refractivity contribution in [2.45, 2.75) is 26.1 Å². The Hall–Kier alpha value is -2.39. The van der Waals surface area contributed by atoms with Crippen molar-refractivity contribution < 1.29 is 27.9 Å². The van der Waals surface area contributed by atoms with Gasteiger partial charge in [0.1, 0.15) is 6.54 Å². The summed E-state index contributed by atoms with van der Waals surface area (Å²) in [4.78, 5) is 32.1. The molecule has 1 aliphatic rings. The average molecular weight is 332 g/mol. The second-order valence-electron chi connectivity index (χ2n) is 5.49. The Morgan fingerprint density at radius 2 is 1.96 bits per heavy atom. The largest absolute Gasteiger partial charge is 0.480 e. The number of amides is 2. The van der Waals surface area contributed by atoms with Crippen molar-refractivity contribution in [1.82, 2.24) is 14.9 Å². The number of aliphatic carboxylic acids is 1. The van der Waals surface area contributed by atoms with E-state index in [0.29, 0.717) is 0 Å². The molecule has 2 heterocycles. The first-order chi connectivity index (χ1) is 10.6. The lowest BCUT2D eigenvalue weighted by Gasteiger charge is -2.23. The SMILES string of the molecule is CC(C)[C@H]1CN(c2cnc(C(F)(F)F)nc2)C(=O)N1CC(=O)O. The second-order valence-corrected chi connectivity index (χ2v) is 5.49. The second kappa shape index (κ2) is 6.01. The molecule has 1 aliphatic heterocycles. The van der Waals surface area contributed by atoms with Crippen molar-refractivity contribution in [3.63, 3.8) is 0 Å². The molecule has 23 heavy (non-hydrogen) atoms. The van der Waals surface area contributed by atoms with Gasteiger partial charge in [0, 0.05) is 6.54 Å². The maximum absolute atomic E-state index is 12.5. The fourth-order valence-corrected chi connectivity index (χ4v) is 2.38. The van der Waals surface area contributed by atoms with E-state index in [2.05, 4.69) is 9.97 Å². The summed E-state index contributed by atoms with van der Waals surface area (Å²) in [5, 5.41) is 8.91. The smallest absolute Gasteiger partial charge is 0.451 e. The minimum absolute atomic E-state index is 0.0151. The summed E-state index contributed by atoms with van der Waals surface area (Å²) in [6, 6.07) is -0.949. The molecule has 0 saturated carbocycles. The van der Waals surface area contributed by atoms with E-state index in [1.165, 1.54) is 9.80 Å². The number of carbonyl (C=O) groups is 2. The fourth-order valence-electron chi connectivity index (χ4n) is 2.38. The van der Waals surface area contributed by atoms with Crippen LogP contribution in [0.4, 0.5) is 23.7 Å². The van der Waals surface area contributed by atoms with Gasteiger partial charge in [-0.3, -0.25) is 9.69 Å². The Morgan fingerprint density at radius 1 is 1.39 bits per heavy atom. The normalized spacial score (nSPS) is 18.9. The van der Waals surface area contributed by atoms with E-state index < -0.39 is 30.5 Å². The molecule has 1 aromatic heterocycles. The molecular weight excluding hydrogens is 317 g/mol. The first-order valence-electron chi connectivity index (χ1n) is 6.80. The number of aromatic nitrogens is 2. The molecule has 0 radical (unpaired) electrons. The predicted octanol–water partition coefficient (Wildman–Crippen LogP) is 1.85. The molecule has 0 unspecified atom stereocenters. The highest BCUT2D eigenvalue weighted by atomic mass is 19.4. The highest BCUT2D eigenvalue weighted by molar-refractivity contribution is 5.96. The number of carbonyl (C=O) groups excluding carboxylic acids is 1. The molecule has 1 fully saturated rings. The van der Waals surface area contributed by atoms with E-state index in [1.807, 2.05) is 13.8 Å². The zero-order valence-corrected chi connectivity index (χ0v) is 12.4. The molecule has 1 atom stereocenters. The summed E-state index contributed by atoms with van der Waals surface area (Å²) in [5.74, 6) is -2.47. The number of anilines is 1. The van der Waals surface area contributed by atoms with Crippen LogP contribution in [0.3, 0.4) is 0 Å². The molecule has 0 spiro atoms. The number of halogens is 3. The topological polar surface area (TPSA) is 86.6 Å². The van der Waals surface area contributed by atoms with Crippen molar-refractivity contribution in [3.05, 3.63) is 18.2 Å². The molecule has 7 nitrogen and oxygen atoms in total. The number of alkyl halides is 3. The van der Waals surface area contributed by atoms with Gasteiger partial charge in [-0.2, -0.15) is 13.2 Å². The molecule has 10 heteroatoms. The third kappa shape index (κ3) is 3.51. The zero-order valence-electron chi connectivity index (χ0n) is 12.4. The van der Waals surface area contributed by atoms with Gasteiger partial charge in [0.05, 0.1) is 24.1 Å². The molecular formula is C13H15F3N4O3. The molecule has 126 valence electrons. The van der Waals surface area contributed by atoms with Gasteiger partial charge in [0.2, 0.25) is 5.82 Å². The molecule has 0 bridgehead atoms. The zero-order chi connectivity index (χ0) is 17.4. The van der Waals surface area contributed by atoms with Crippen LogP contribution < -0.4 is 4.90 Å².